The van der Waals surface area contributed by atoms with Crippen molar-refractivity contribution in [2.75, 3.05) is 20.1 Å². The van der Waals surface area contributed by atoms with Gasteiger partial charge in [-0.15, -0.1) is 12.4 Å². The number of fused-ring (bicyclic) bond motifs is 1. The standard InChI is InChI=1S/C21H22N2O3.ClH/c1-23(17-10-11-22-13-17)21(24)20-9-8-19(26-20)14-25-18-7-6-15-4-2-3-5-16(15)12-18;/h2-9,12,17,22H,10-11,13-14H2,1H3;1H. The lowest BCUT2D eigenvalue weighted by molar-refractivity contribution is 0.0707. The van der Waals surface area contributed by atoms with E-state index in [1.165, 1.54) is 5.39 Å². The van der Waals surface area contributed by atoms with Crippen LogP contribution in [-0.4, -0.2) is 37.0 Å². The maximum Gasteiger partial charge on any atom is 0.289 e. The van der Waals surface area contributed by atoms with Crippen LogP contribution in [0.1, 0.15) is 22.7 Å². The number of carbonyl (C=O) groups is 1. The van der Waals surface area contributed by atoms with Gasteiger partial charge in [0.05, 0.1) is 0 Å². The number of ether oxygens (including phenoxy) is 1. The second-order valence-corrected chi connectivity index (χ2v) is 6.63. The highest BCUT2D eigenvalue weighted by Gasteiger charge is 2.25. The van der Waals surface area contributed by atoms with Crippen LogP contribution in [0.3, 0.4) is 0 Å². The van der Waals surface area contributed by atoms with Gasteiger partial charge in [0.25, 0.3) is 5.91 Å². The van der Waals surface area contributed by atoms with Crippen LogP contribution in [0.4, 0.5) is 0 Å². The van der Waals surface area contributed by atoms with Crippen LogP contribution >= 0.6 is 12.4 Å². The van der Waals surface area contributed by atoms with E-state index in [-0.39, 0.29) is 24.4 Å². The Bertz CT molecular complexity index is 918. The molecule has 0 spiro atoms. The third-order valence-electron chi connectivity index (χ3n) is 4.88. The van der Waals surface area contributed by atoms with Crippen LogP contribution in [0.25, 0.3) is 10.8 Å². The molecule has 1 amide bonds. The lowest BCUT2D eigenvalue weighted by Gasteiger charge is -2.22. The Morgan fingerprint density at radius 1 is 1.19 bits per heavy atom. The molecule has 0 bridgehead atoms. The number of halogens is 1. The topological polar surface area (TPSA) is 54.7 Å². The predicted octanol–water partition coefficient (Wildman–Crippen LogP) is 3.87. The van der Waals surface area contributed by atoms with E-state index in [9.17, 15) is 4.79 Å². The summed E-state index contributed by atoms with van der Waals surface area (Å²) in [5.41, 5.74) is 0. The van der Waals surface area contributed by atoms with Gasteiger partial charge in [-0.05, 0) is 48.0 Å². The monoisotopic (exact) mass is 386 g/mol. The zero-order valence-electron chi connectivity index (χ0n) is 15.2. The summed E-state index contributed by atoms with van der Waals surface area (Å²) >= 11 is 0. The first-order valence-electron chi connectivity index (χ1n) is 8.89. The Morgan fingerprint density at radius 3 is 2.78 bits per heavy atom. The van der Waals surface area contributed by atoms with E-state index in [2.05, 4.69) is 17.4 Å². The summed E-state index contributed by atoms with van der Waals surface area (Å²) in [6, 6.07) is 17.9. The molecule has 3 aromatic rings. The number of amides is 1. The van der Waals surface area contributed by atoms with E-state index >= 15 is 0 Å². The summed E-state index contributed by atoms with van der Waals surface area (Å²) in [7, 11) is 1.83. The molecule has 1 aromatic heterocycles. The summed E-state index contributed by atoms with van der Waals surface area (Å²) < 4.78 is 11.5. The number of hydrogen-bond donors (Lipinski definition) is 1. The Hall–Kier alpha value is -2.50. The number of hydrogen-bond acceptors (Lipinski definition) is 4. The van der Waals surface area contributed by atoms with Gasteiger partial charge < -0.3 is 19.4 Å². The summed E-state index contributed by atoms with van der Waals surface area (Å²) in [6.45, 7) is 2.08. The van der Waals surface area contributed by atoms with Crippen molar-refractivity contribution in [3.63, 3.8) is 0 Å². The number of rotatable bonds is 5. The molecular weight excluding hydrogens is 364 g/mol. The Balaban J connectivity index is 0.00000210. The minimum absolute atomic E-state index is 0. The summed E-state index contributed by atoms with van der Waals surface area (Å²) in [5.74, 6) is 1.69. The summed E-state index contributed by atoms with van der Waals surface area (Å²) in [4.78, 5) is 14.3. The van der Waals surface area contributed by atoms with Gasteiger partial charge >= 0.3 is 0 Å². The molecule has 6 heteroatoms. The first kappa shape index (κ1) is 19.3. The maximum atomic E-state index is 12.5. The number of nitrogens with one attached hydrogen (secondary N) is 1. The fourth-order valence-electron chi connectivity index (χ4n) is 3.29. The van der Waals surface area contributed by atoms with Crippen LogP contribution < -0.4 is 10.1 Å². The van der Waals surface area contributed by atoms with Gasteiger partial charge in [-0.2, -0.15) is 0 Å². The maximum absolute atomic E-state index is 12.5. The molecule has 142 valence electrons. The highest BCUT2D eigenvalue weighted by atomic mass is 35.5. The third-order valence-corrected chi connectivity index (χ3v) is 4.88. The number of carbonyl (C=O) groups excluding carboxylic acids is 1. The molecule has 1 atom stereocenters. The zero-order valence-corrected chi connectivity index (χ0v) is 16.0. The van der Waals surface area contributed by atoms with Crippen molar-refractivity contribution < 1.29 is 13.9 Å². The van der Waals surface area contributed by atoms with Crippen molar-refractivity contribution in [3.05, 3.63) is 66.1 Å². The van der Waals surface area contributed by atoms with Crippen molar-refractivity contribution >= 4 is 29.1 Å². The lowest BCUT2D eigenvalue weighted by Crippen LogP contribution is -2.38. The number of benzene rings is 2. The van der Waals surface area contributed by atoms with Gasteiger partial charge in [0.1, 0.15) is 18.1 Å². The van der Waals surface area contributed by atoms with E-state index in [1.807, 2.05) is 37.4 Å². The smallest absolute Gasteiger partial charge is 0.289 e. The molecule has 0 aliphatic carbocycles. The van der Waals surface area contributed by atoms with Crippen molar-refractivity contribution in [2.45, 2.75) is 19.1 Å². The van der Waals surface area contributed by atoms with E-state index < -0.39 is 0 Å². The fraction of sp³-hybridized carbons (Fsp3) is 0.286. The van der Waals surface area contributed by atoms with E-state index in [0.717, 1.165) is 30.6 Å². The number of nitrogens with zero attached hydrogens (tertiary/aromatic N) is 1. The van der Waals surface area contributed by atoms with Crippen molar-refractivity contribution in [1.29, 1.82) is 0 Å². The quantitative estimate of drug-likeness (QED) is 0.723. The fourth-order valence-corrected chi connectivity index (χ4v) is 3.29. The summed E-state index contributed by atoms with van der Waals surface area (Å²) in [6.07, 6.45) is 0.973. The Morgan fingerprint density at radius 2 is 2.00 bits per heavy atom. The zero-order chi connectivity index (χ0) is 17.9. The molecule has 0 radical (unpaired) electrons. The molecule has 2 aromatic carbocycles. The Labute approximate surface area is 164 Å². The Kier molecular flexibility index (Phi) is 6.04. The molecule has 1 aliphatic heterocycles. The second kappa shape index (κ2) is 8.46. The minimum atomic E-state index is -0.0874. The van der Waals surface area contributed by atoms with Gasteiger partial charge in [0.15, 0.2) is 5.76 Å². The average molecular weight is 387 g/mol. The van der Waals surface area contributed by atoms with E-state index in [0.29, 0.717) is 18.1 Å². The number of likely N-dealkylation sites (N-methyl/N-ethyl adjacent to an activating group) is 1. The van der Waals surface area contributed by atoms with Gasteiger partial charge in [0, 0.05) is 19.6 Å². The van der Waals surface area contributed by atoms with Crippen LogP contribution in [0, 0.1) is 0 Å². The normalized spacial score (nSPS) is 16.1. The molecule has 1 fully saturated rings. The molecular formula is C21H23ClN2O3. The van der Waals surface area contributed by atoms with Gasteiger partial charge in [-0.3, -0.25) is 4.79 Å². The predicted molar refractivity (Wildman–Crippen MR) is 108 cm³/mol. The number of furan rings is 1. The highest BCUT2D eigenvalue weighted by molar-refractivity contribution is 5.91. The molecule has 1 saturated heterocycles. The average Bonchev–Trinajstić information content (AvgIpc) is 3.37. The summed E-state index contributed by atoms with van der Waals surface area (Å²) in [5, 5.41) is 5.58. The highest BCUT2D eigenvalue weighted by Crippen LogP contribution is 2.22. The first-order valence-corrected chi connectivity index (χ1v) is 8.89. The molecule has 5 nitrogen and oxygen atoms in total. The van der Waals surface area contributed by atoms with Gasteiger partial charge in [-0.1, -0.05) is 30.3 Å². The van der Waals surface area contributed by atoms with Crippen LogP contribution in [0.2, 0.25) is 0 Å². The van der Waals surface area contributed by atoms with Crippen LogP contribution in [0.15, 0.2) is 59.0 Å². The molecule has 2 heterocycles. The first-order chi connectivity index (χ1) is 12.7. The van der Waals surface area contributed by atoms with Crippen molar-refractivity contribution in [1.82, 2.24) is 10.2 Å². The molecule has 1 aliphatic rings. The lowest BCUT2D eigenvalue weighted by atomic mass is 10.1. The molecule has 4 rings (SSSR count). The van der Waals surface area contributed by atoms with Crippen molar-refractivity contribution in [2.24, 2.45) is 0 Å². The molecule has 27 heavy (non-hydrogen) atoms. The van der Waals surface area contributed by atoms with Gasteiger partial charge in [0.2, 0.25) is 0 Å². The van der Waals surface area contributed by atoms with Crippen LogP contribution in [0.5, 0.6) is 5.75 Å². The van der Waals surface area contributed by atoms with E-state index in [4.69, 9.17) is 9.15 Å². The molecule has 1 N–H and O–H groups in total. The van der Waals surface area contributed by atoms with Gasteiger partial charge in [-0.25, -0.2) is 0 Å². The van der Waals surface area contributed by atoms with E-state index in [1.54, 1.807) is 17.0 Å². The van der Waals surface area contributed by atoms with Crippen molar-refractivity contribution in [3.8, 4) is 5.75 Å². The molecule has 1 unspecified atom stereocenters. The minimum Gasteiger partial charge on any atom is -0.486 e. The largest absolute Gasteiger partial charge is 0.486 e. The second-order valence-electron chi connectivity index (χ2n) is 6.63. The van der Waals surface area contributed by atoms with Crippen LogP contribution in [-0.2, 0) is 6.61 Å². The SMILES string of the molecule is CN(C(=O)c1ccc(COc2ccc3ccccc3c2)o1)C1CCNC1.Cl. The third kappa shape index (κ3) is 4.26. The molecule has 0 saturated carbocycles.